The van der Waals surface area contributed by atoms with Crippen molar-refractivity contribution in [1.82, 2.24) is 23.7 Å². The normalized spacial score (nSPS) is 18.0. The number of hydrogen-bond acceptors (Lipinski definition) is 9. The smallest absolute Gasteiger partial charge is 0.254 e. The summed E-state index contributed by atoms with van der Waals surface area (Å²) in [6, 6.07) is 19.2. The minimum Gasteiger partial charge on any atom is -0.382 e. The van der Waals surface area contributed by atoms with E-state index >= 15 is 0 Å². The van der Waals surface area contributed by atoms with Crippen LogP contribution in [-0.2, 0) is 32.6 Å². The van der Waals surface area contributed by atoms with E-state index < -0.39 is 38.9 Å². The third-order valence-electron chi connectivity index (χ3n) is 7.57. The maximum absolute atomic E-state index is 13.9. The highest BCUT2D eigenvalue weighted by Gasteiger charge is 2.50. The molecule has 3 aromatic carbocycles. The van der Waals surface area contributed by atoms with Crippen molar-refractivity contribution in [2.24, 2.45) is 0 Å². The van der Waals surface area contributed by atoms with Gasteiger partial charge in [0, 0.05) is 11.3 Å². The Hall–Kier alpha value is -3.36. The van der Waals surface area contributed by atoms with Crippen molar-refractivity contribution in [2.45, 2.75) is 61.6 Å². The van der Waals surface area contributed by atoms with Gasteiger partial charge in [0.05, 0.1) is 23.6 Å². The minimum absolute atomic E-state index is 0.0345. The van der Waals surface area contributed by atoms with E-state index in [4.69, 9.17) is 0 Å². The van der Waals surface area contributed by atoms with Gasteiger partial charge < -0.3 is 15.3 Å². The van der Waals surface area contributed by atoms with E-state index in [1.165, 1.54) is 22.7 Å². The Morgan fingerprint density at radius 3 is 2.51 bits per heavy atom. The molecule has 0 unspecified atom stereocenters. The average Bonchev–Trinajstić information content (AvgIpc) is 3.59. The van der Waals surface area contributed by atoms with Gasteiger partial charge >= 0.3 is 0 Å². The monoisotopic (exact) mass is 639 g/mol. The van der Waals surface area contributed by atoms with Gasteiger partial charge in [0.15, 0.2) is 0 Å². The Kier molecular flexibility index (Phi) is 9.18. The second-order valence-corrected chi connectivity index (χ2v) is 14.8. The average molecular weight is 640 g/mol. The molecule has 0 aliphatic carbocycles. The predicted molar refractivity (Wildman–Crippen MR) is 168 cm³/mol. The van der Waals surface area contributed by atoms with E-state index in [-0.39, 0.29) is 28.6 Å². The van der Waals surface area contributed by atoms with Crippen LogP contribution in [0.4, 0.5) is 0 Å². The number of aryl methyl sites for hydroxylation is 1. The highest BCUT2D eigenvalue weighted by molar-refractivity contribution is 8.00. The molecule has 0 spiro atoms. The number of aliphatic hydroxyl groups is 1. The third-order valence-corrected chi connectivity index (χ3v) is 11.0. The summed E-state index contributed by atoms with van der Waals surface area (Å²) in [7, 11) is -4.24. The van der Waals surface area contributed by atoms with E-state index in [1.54, 1.807) is 36.4 Å². The number of aliphatic hydroxyl groups excluding tert-OH is 1. The van der Waals surface area contributed by atoms with Crippen LogP contribution in [0.2, 0.25) is 0 Å². The molecule has 226 valence electrons. The summed E-state index contributed by atoms with van der Waals surface area (Å²) in [5.41, 5.74) is 3.35. The highest BCUT2D eigenvalue weighted by Crippen LogP contribution is 2.40. The number of benzene rings is 3. The molecule has 3 N–H and O–H groups in total. The maximum Gasteiger partial charge on any atom is 0.254 e. The zero-order valence-corrected chi connectivity index (χ0v) is 26.4. The number of thioether (sulfide) groups is 1. The van der Waals surface area contributed by atoms with Crippen LogP contribution < -0.4 is 10.0 Å². The molecule has 2 amide bonds. The first-order chi connectivity index (χ1) is 20.5. The molecule has 1 aliphatic rings. The van der Waals surface area contributed by atoms with Crippen LogP contribution in [0.15, 0.2) is 77.7 Å². The van der Waals surface area contributed by atoms with Crippen molar-refractivity contribution in [3.63, 3.8) is 0 Å². The molecule has 1 aromatic heterocycles. The molecule has 13 heteroatoms. The summed E-state index contributed by atoms with van der Waals surface area (Å²) < 4.78 is 37.5. The zero-order chi connectivity index (χ0) is 30.8. The number of hydrogen-bond donors (Lipinski definition) is 3. The molecule has 0 radical (unpaired) electrons. The second kappa shape index (κ2) is 12.7. The fourth-order valence-electron chi connectivity index (χ4n) is 5.19. The van der Waals surface area contributed by atoms with Crippen molar-refractivity contribution >= 4 is 56.4 Å². The van der Waals surface area contributed by atoms with E-state index in [9.17, 15) is 23.1 Å². The second-order valence-electron chi connectivity index (χ2n) is 11.0. The van der Waals surface area contributed by atoms with Gasteiger partial charge in [-0.25, -0.2) is 13.1 Å². The van der Waals surface area contributed by atoms with Gasteiger partial charge in [-0.15, -0.1) is 11.8 Å². The molecular weight excluding hydrogens is 607 g/mol. The van der Waals surface area contributed by atoms with Crippen molar-refractivity contribution in [3.05, 3.63) is 89.5 Å². The molecule has 4 aromatic rings. The molecule has 10 nitrogen and oxygen atoms in total. The van der Waals surface area contributed by atoms with Crippen molar-refractivity contribution in [1.29, 1.82) is 0 Å². The first kappa shape index (κ1) is 31.1. The van der Waals surface area contributed by atoms with E-state index in [0.29, 0.717) is 12.1 Å². The summed E-state index contributed by atoms with van der Waals surface area (Å²) in [5, 5.41) is 14.5. The lowest BCUT2D eigenvalue weighted by Gasteiger charge is -2.33. The van der Waals surface area contributed by atoms with Gasteiger partial charge in [-0.3, -0.25) is 9.59 Å². The van der Waals surface area contributed by atoms with Crippen LogP contribution in [0.5, 0.6) is 0 Å². The lowest BCUT2D eigenvalue weighted by molar-refractivity contribution is -0.147. The Labute approximate surface area is 259 Å². The Morgan fingerprint density at radius 2 is 1.77 bits per heavy atom. The van der Waals surface area contributed by atoms with Crippen LogP contribution in [0.25, 0.3) is 11.0 Å². The third kappa shape index (κ3) is 6.75. The molecule has 1 saturated heterocycles. The number of amides is 2. The molecule has 5 rings (SSSR count). The number of nitrogens with zero attached hydrogens (tertiary/aromatic N) is 3. The molecular formula is C30H33N5O5S3. The fraction of sp³-hybridized carbons (Fsp3) is 0.333. The molecule has 1 aliphatic heterocycles. The Bertz CT molecular complexity index is 1730. The lowest BCUT2D eigenvalue weighted by atomic mass is 9.97. The number of fused-ring (bicyclic) bond motifs is 1. The van der Waals surface area contributed by atoms with Gasteiger partial charge in [-0.2, -0.15) is 8.75 Å². The maximum atomic E-state index is 13.9. The summed E-state index contributed by atoms with van der Waals surface area (Å²) >= 11 is 2.32. The molecule has 2 heterocycles. The Balaban J connectivity index is 1.41. The molecule has 0 bridgehead atoms. The van der Waals surface area contributed by atoms with Gasteiger partial charge in [-0.05, 0) is 56.0 Å². The van der Waals surface area contributed by atoms with Crippen molar-refractivity contribution in [3.8, 4) is 0 Å². The first-order valence-electron chi connectivity index (χ1n) is 13.7. The van der Waals surface area contributed by atoms with Crippen LogP contribution in [0.3, 0.4) is 0 Å². The van der Waals surface area contributed by atoms with Gasteiger partial charge in [0.25, 0.3) is 5.91 Å². The van der Waals surface area contributed by atoms with E-state index in [1.807, 2.05) is 51.1 Å². The zero-order valence-electron chi connectivity index (χ0n) is 23.9. The topological polar surface area (TPSA) is 142 Å². The predicted octanol–water partition coefficient (Wildman–Crippen LogP) is 3.25. The lowest BCUT2D eigenvalue weighted by Crippen LogP contribution is -2.58. The van der Waals surface area contributed by atoms with E-state index in [2.05, 4.69) is 18.8 Å². The Morgan fingerprint density at radius 1 is 1.05 bits per heavy atom. The minimum atomic E-state index is -4.24. The fourth-order valence-corrected chi connectivity index (χ4v) is 8.34. The number of sulfonamides is 1. The largest absolute Gasteiger partial charge is 0.382 e. The summed E-state index contributed by atoms with van der Waals surface area (Å²) in [5.74, 6) is -0.909. The summed E-state index contributed by atoms with van der Waals surface area (Å²) in [6.45, 7) is 6.01. The standard InChI is InChI=1S/C30H33N5O5S3/c1-19-10-7-8-13-21(19)17-31-28(37)27-30(2,3)41-18-35(27)29(38)26(36)23(16-20-11-5-4-6-12-20)34-43(39,40)24-15-9-14-22-25(24)33-42-32-22/h4-15,23,26-27,34,36H,16-18H2,1-3H3,(H,31,37)/t23-,26-,27+/m0/s1. The molecule has 0 saturated carbocycles. The first-order valence-corrected chi connectivity index (χ1v) is 16.9. The quantitative estimate of drug-likeness (QED) is 0.240. The SMILES string of the molecule is Cc1ccccc1CNC(=O)[C@H]1N(C(=O)[C@@H](O)[C@H](Cc2ccccc2)NS(=O)(=O)c2cccc3nsnc23)CSC1(C)C. The number of carbonyl (C=O) groups excluding carboxylic acids is 2. The van der Waals surface area contributed by atoms with Crippen molar-refractivity contribution in [2.75, 3.05) is 5.88 Å². The summed E-state index contributed by atoms with van der Waals surface area (Å²) in [4.78, 5) is 28.7. The molecule has 3 atom stereocenters. The van der Waals surface area contributed by atoms with Crippen LogP contribution in [0, 0.1) is 6.92 Å². The highest BCUT2D eigenvalue weighted by atomic mass is 32.2. The van der Waals surface area contributed by atoms with Crippen LogP contribution in [0.1, 0.15) is 30.5 Å². The summed E-state index contributed by atoms with van der Waals surface area (Å²) in [6.07, 6.45) is -1.74. The number of rotatable bonds is 10. The van der Waals surface area contributed by atoms with Gasteiger partial charge in [0.2, 0.25) is 15.9 Å². The van der Waals surface area contributed by atoms with Crippen LogP contribution >= 0.6 is 23.5 Å². The number of aromatic nitrogens is 2. The number of nitrogens with one attached hydrogen (secondary N) is 2. The van der Waals surface area contributed by atoms with Gasteiger partial charge in [-0.1, -0.05) is 60.7 Å². The van der Waals surface area contributed by atoms with Crippen molar-refractivity contribution < 1.29 is 23.1 Å². The molecule has 43 heavy (non-hydrogen) atoms. The van der Waals surface area contributed by atoms with E-state index in [0.717, 1.165) is 28.4 Å². The molecule has 1 fully saturated rings. The van der Waals surface area contributed by atoms with Crippen LogP contribution in [-0.4, -0.2) is 67.8 Å². The number of carbonyl (C=O) groups is 2. The van der Waals surface area contributed by atoms with Gasteiger partial charge in [0.1, 0.15) is 28.1 Å².